The zero-order valence-corrected chi connectivity index (χ0v) is 16.2. The molecule has 2 aromatic heterocycles. The Balaban J connectivity index is 1.61. The highest BCUT2D eigenvalue weighted by atomic mass is 32.2. The number of nitrogens with one attached hydrogen (secondary N) is 1. The fourth-order valence-electron chi connectivity index (χ4n) is 3.34. The zero-order valence-electron chi connectivity index (χ0n) is 14.5. The summed E-state index contributed by atoms with van der Waals surface area (Å²) in [6.07, 6.45) is 6.20. The molecule has 6 heteroatoms. The second-order valence-electron chi connectivity index (χ2n) is 6.69. The fraction of sp³-hybridized carbons (Fsp3) is 0.611. The van der Waals surface area contributed by atoms with Crippen LogP contribution in [0, 0.1) is 11.8 Å². The first-order valence-electron chi connectivity index (χ1n) is 8.74. The van der Waals surface area contributed by atoms with Gasteiger partial charge in [0.2, 0.25) is 5.91 Å². The Morgan fingerprint density at radius 3 is 3.00 bits per heavy atom. The molecule has 4 nitrogen and oxygen atoms in total. The highest BCUT2D eigenvalue weighted by molar-refractivity contribution is 8.00. The molecule has 0 radical (unpaired) electrons. The molecular weight excluding hydrogens is 338 g/mol. The summed E-state index contributed by atoms with van der Waals surface area (Å²) in [6, 6.07) is 2.48. The third-order valence-corrected chi connectivity index (χ3v) is 7.28. The SMILES string of the molecule is CCc1cc2c(SCC(=O)N[C@@H]3CCC[C@H](C)[C@H]3C)ncnc2s1. The van der Waals surface area contributed by atoms with Crippen LogP contribution < -0.4 is 5.32 Å². The largest absolute Gasteiger partial charge is 0.352 e. The van der Waals surface area contributed by atoms with Gasteiger partial charge < -0.3 is 5.32 Å². The average molecular weight is 364 g/mol. The van der Waals surface area contributed by atoms with Crippen molar-refractivity contribution in [3.05, 3.63) is 17.3 Å². The van der Waals surface area contributed by atoms with Gasteiger partial charge in [-0.3, -0.25) is 4.79 Å². The Morgan fingerprint density at radius 1 is 1.38 bits per heavy atom. The van der Waals surface area contributed by atoms with Crippen LogP contribution >= 0.6 is 23.1 Å². The molecular formula is C18H25N3OS2. The molecule has 2 heterocycles. The van der Waals surface area contributed by atoms with E-state index < -0.39 is 0 Å². The van der Waals surface area contributed by atoms with Gasteiger partial charge in [0, 0.05) is 16.3 Å². The van der Waals surface area contributed by atoms with Crippen molar-refractivity contribution in [2.45, 2.75) is 57.5 Å². The van der Waals surface area contributed by atoms with Crippen LogP contribution in [0.4, 0.5) is 0 Å². The first kappa shape index (κ1) is 17.7. The lowest BCUT2D eigenvalue weighted by molar-refractivity contribution is -0.119. The quantitative estimate of drug-likeness (QED) is 0.636. The molecule has 0 unspecified atom stereocenters. The van der Waals surface area contributed by atoms with Crippen molar-refractivity contribution in [2.75, 3.05) is 5.75 Å². The zero-order chi connectivity index (χ0) is 17.1. The maximum absolute atomic E-state index is 12.4. The van der Waals surface area contributed by atoms with Gasteiger partial charge in [-0.1, -0.05) is 45.4 Å². The molecule has 0 saturated heterocycles. The summed E-state index contributed by atoms with van der Waals surface area (Å²) in [5, 5.41) is 5.23. The van der Waals surface area contributed by atoms with E-state index in [9.17, 15) is 4.79 Å². The lowest BCUT2D eigenvalue weighted by Gasteiger charge is -2.34. The summed E-state index contributed by atoms with van der Waals surface area (Å²) in [7, 11) is 0. The number of carbonyl (C=O) groups excluding carboxylic acids is 1. The maximum atomic E-state index is 12.4. The third kappa shape index (κ3) is 3.91. The summed E-state index contributed by atoms with van der Waals surface area (Å²) in [5.41, 5.74) is 0. The standard InChI is InChI=1S/C18H25N3OS2/c1-4-13-8-14-17(19-10-20-18(14)24-13)23-9-16(22)21-15-7-5-6-11(2)12(15)3/h8,10-12,15H,4-7,9H2,1-3H3,(H,21,22)/t11-,12+,15+/m0/s1. The van der Waals surface area contributed by atoms with E-state index in [1.165, 1.54) is 29.5 Å². The average Bonchev–Trinajstić information content (AvgIpc) is 3.01. The summed E-state index contributed by atoms with van der Waals surface area (Å²) in [6.45, 7) is 6.69. The lowest BCUT2D eigenvalue weighted by Crippen LogP contribution is -2.44. The number of hydrogen-bond donors (Lipinski definition) is 1. The van der Waals surface area contributed by atoms with Gasteiger partial charge in [-0.25, -0.2) is 9.97 Å². The third-order valence-electron chi connectivity index (χ3n) is 5.09. The van der Waals surface area contributed by atoms with E-state index in [-0.39, 0.29) is 5.91 Å². The van der Waals surface area contributed by atoms with Crippen LogP contribution in [0.3, 0.4) is 0 Å². The predicted molar refractivity (Wildman–Crippen MR) is 102 cm³/mol. The Kier molecular flexibility index (Phi) is 5.76. The van der Waals surface area contributed by atoms with Gasteiger partial charge in [0.05, 0.1) is 5.75 Å². The molecule has 1 N–H and O–H groups in total. The van der Waals surface area contributed by atoms with Crippen molar-refractivity contribution in [3.8, 4) is 0 Å². The minimum absolute atomic E-state index is 0.114. The van der Waals surface area contributed by atoms with Crippen LogP contribution in [0.2, 0.25) is 0 Å². The van der Waals surface area contributed by atoms with Crippen molar-refractivity contribution in [1.29, 1.82) is 0 Å². The maximum Gasteiger partial charge on any atom is 0.230 e. The Labute approximate surface area is 151 Å². The van der Waals surface area contributed by atoms with Gasteiger partial charge in [-0.05, 0) is 30.7 Å². The molecule has 1 saturated carbocycles. The molecule has 0 aliphatic heterocycles. The van der Waals surface area contributed by atoms with Gasteiger partial charge >= 0.3 is 0 Å². The highest BCUT2D eigenvalue weighted by Gasteiger charge is 2.28. The number of amides is 1. The van der Waals surface area contributed by atoms with Crippen LogP contribution in [-0.4, -0.2) is 27.7 Å². The molecule has 3 rings (SSSR count). The number of carbonyl (C=O) groups is 1. The molecule has 2 aromatic rings. The van der Waals surface area contributed by atoms with E-state index in [1.807, 2.05) is 0 Å². The number of aryl methyl sites for hydroxylation is 1. The molecule has 3 atom stereocenters. The topological polar surface area (TPSA) is 54.9 Å². The first-order valence-corrected chi connectivity index (χ1v) is 10.5. The van der Waals surface area contributed by atoms with E-state index in [0.29, 0.717) is 23.6 Å². The van der Waals surface area contributed by atoms with E-state index in [4.69, 9.17) is 0 Å². The van der Waals surface area contributed by atoms with Gasteiger partial charge in [-0.2, -0.15) is 0 Å². The summed E-state index contributed by atoms with van der Waals surface area (Å²) >= 11 is 3.23. The predicted octanol–water partition coefficient (Wildman–Crippen LogP) is 4.29. The minimum Gasteiger partial charge on any atom is -0.352 e. The summed E-state index contributed by atoms with van der Waals surface area (Å²) < 4.78 is 0. The van der Waals surface area contributed by atoms with E-state index in [0.717, 1.165) is 28.1 Å². The molecule has 1 fully saturated rings. The molecule has 24 heavy (non-hydrogen) atoms. The lowest BCUT2D eigenvalue weighted by atomic mass is 9.78. The van der Waals surface area contributed by atoms with Gasteiger partial charge in [-0.15, -0.1) is 11.3 Å². The number of fused-ring (bicyclic) bond motifs is 1. The number of aromatic nitrogens is 2. The van der Waals surface area contributed by atoms with Gasteiger partial charge in [0.25, 0.3) is 0 Å². The van der Waals surface area contributed by atoms with Crippen LogP contribution in [0.5, 0.6) is 0 Å². The number of thioether (sulfide) groups is 1. The van der Waals surface area contributed by atoms with E-state index in [2.05, 4.69) is 42.1 Å². The van der Waals surface area contributed by atoms with Crippen molar-refractivity contribution >= 4 is 39.2 Å². The summed E-state index contributed by atoms with van der Waals surface area (Å²) in [4.78, 5) is 23.4. The molecule has 1 amide bonds. The second kappa shape index (κ2) is 7.83. The fourth-order valence-corrected chi connectivity index (χ4v) is 5.12. The molecule has 1 aliphatic carbocycles. The van der Waals surface area contributed by atoms with Crippen molar-refractivity contribution in [1.82, 2.24) is 15.3 Å². The van der Waals surface area contributed by atoms with Crippen molar-refractivity contribution in [3.63, 3.8) is 0 Å². The molecule has 130 valence electrons. The molecule has 0 aromatic carbocycles. The Bertz CT molecular complexity index is 715. The number of nitrogens with zero attached hydrogens (tertiary/aromatic N) is 2. The van der Waals surface area contributed by atoms with E-state index in [1.54, 1.807) is 17.7 Å². The Morgan fingerprint density at radius 2 is 2.21 bits per heavy atom. The Hall–Kier alpha value is -1.14. The smallest absolute Gasteiger partial charge is 0.230 e. The molecule has 1 aliphatic rings. The van der Waals surface area contributed by atoms with Crippen molar-refractivity contribution < 1.29 is 4.79 Å². The number of rotatable bonds is 5. The van der Waals surface area contributed by atoms with Crippen LogP contribution in [0.25, 0.3) is 10.2 Å². The normalized spacial score (nSPS) is 24.2. The van der Waals surface area contributed by atoms with E-state index >= 15 is 0 Å². The van der Waals surface area contributed by atoms with Gasteiger partial charge in [0.1, 0.15) is 16.2 Å². The molecule has 0 bridgehead atoms. The monoisotopic (exact) mass is 363 g/mol. The second-order valence-corrected chi connectivity index (χ2v) is 8.77. The first-order chi connectivity index (χ1) is 11.6. The minimum atomic E-state index is 0.114. The van der Waals surface area contributed by atoms with Crippen LogP contribution in [-0.2, 0) is 11.2 Å². The highest BCUT2D eigenvalue weighted by Crippen LogP contribution is 2.32. The van der Waals surface area contributed by atoms with Crippen molar-refractivity contribution in [2.24, 2.45) is 11.8 Å². The summed E-state index contributed by atoms with van der Waals surface area (Å²) in [5.74, 6) is 1.78. The number of thiophene rings is 1. The van der Waals surface area contributed by atoms with Crippen LogP contribution in [0.1, 0.15) is 44.9 Å². The molecule has 0 spiro atoms. The number of hydrogen-bond acceptors (Lipinski definition) is 5. The van der Waals surface area contributed by atoms with Gasteiger partial charge in [0.15, 0.2) is 0 Å². The van der Waals surface area contributed by atoms with Crippen LogP contribution in [0.15, 0.2) is 17.4 Å².